The van der Waals surface area contributed by atoms with Crippen LogP contribution in [0.15, 0.2) is 84.9 Å². The molecule has 4 aromatic rings. The Morgan fingerprint density at radius 3 is 2.08 bits per heavy atom. The molecule has 0 spiro atoms. The number of amides is 1. The van der Waals surface area contributed by atoms with E-state index < -0.39 is 17.8 Å². The van der Waals surface area contributed by atoms with E-state index in [2.05, 4.69) is 6.07 Å². The number of fused-ring (bicyclic) bond motifs is 1. The summed E-state index contributed by atoms with van der Waals surface area (Å²) in [6, 6.07) is 25.4. The molecule has 6 nitrogen and oxygen atoms in total. The number of benzene rings is 4. The van der Waals surface area contributed by atoms with Crippen molar-refractivity contribution in [3.8, 4) is 17.2 Å². The van der Waals surface area contributed by atoms with Gasteiger partial charge in [0.05, 0.1) is 17.6 Å². The monoisotopic (exact) mass is 495 g/mol. The van der Waals surface area contributed by atoms with Gasteiger partial charge in [-0.15, -0.1) is 0 Å². The molecule has 0 radical (unpaired) electrons. The zero-order valence-electron chi connectivity index (χ0n) is 20.4. The first-order valence-electron chi connectivity index (χ1n) is 12.6. The van der Waals surface area contributed by atoms with E-state index in [4.69, 9.17) is 15.2 Å². The number of carbonyl (C=O) groups is 2. The number of carboxylic acids is 1. The number of carboxylic acid groups (broad SMARTS) is 1. The zero-order valence-corrected chi connectivity index (χ0v) is 20.4. The van der Waals surface area contributed by atoms with Gasteiger partial charge in [-0.05, 0) is 90.0 Å². The van der Waals surface area contributed by atoms with Crippen molar-refractivity contribution in [2.75, 3.05) is 0 Å². The second-order valence-electron chi connectivity index (χ2n) is 9.45. The maximum absolute atomic E-state index is 12.3. The Labute approximate surface area is 215 Å². The molecule has 5 rings (SSSR count). The van der Waals surface area contributed by atoms with E-state index in [1.807, 2.05) is 30.3 Å². The first-order valence-corrected chi connectivity index (χ1v) is 12.6. The highest BCUT2D eigenvalue weighted by Crippen LogP contribution is 2.32. The minimum atomic E-state index is -1.11. The number of nitrogens with two attached hydrogens (primary N) is 1. The summed E-state index contributed by atoms with van der Waals surface area (Å²) in [5.41, 5.74) is 6.68. The summed E-state index contributed by atoms with van der Waals surface area (Å²) >= 11 is 0. The third kappa shape index (κ3) is 5.59. The Kier molecular flexibility index (Phi) is 7.08. The highest BCUT2D eigenvalue weighted by atomic mass is 16.5. The molecule has 1 saturated carbocycles. The molecule has 0 aromatic heterocycles. The van der Waals surface area contributed by atoms with Crippen LogP contribution in [0.3, 0.4) is 0 Å². The fraction of sp³-hybridized carbons (Fsp3) is 0.226. The van der Waals surface area contributed by atoms with Gasteiger partial charge >= 0.3 is 5.97 Å². The van der Waals surface area contributed by atoms with Gasteiger partial charge in [-0.25, -0.2) is 4.79 Å². The molecule has 1 amide bonds. The average Bonchev–Trinajstić information content (AvgIpc) is 2.90. The van der Waals surface area contributed by atoms with E-state index >= 15 is 0 Å². The number of rotatable bonds is 8. The summed E-state index contributed by atoms with van der Waals surface area (Å²) in [6.45, 7) is 0. The summed E-state index contributed by atoms with van der Waals surface area (Å²) in [6.07, 6.45) is 6.32. The molecule has 4 aromatic carbocycles. The molecule has 0 aliphatic heterocycles. The molecule has 1 aliphatic rings. The molecule has 0 bridgehead atoms. The highest BCUT2D eigenvalue weighted by molar-refractivity contribution is 5.94. The van der Waals surface area contributed by atoms with E-state index in [9.17, 15) is 14.7 Å². The van der Waals surface area contributed by atoms with Gasteiger partial charge < -0.3 is 20.3 Å². The van der Waals surface area contributed by atoms with Gasteiger partial charge in [0.1, 0.15) is 17.2 Å². The summed E-state index contributed by atoms with van der Waals surface area (Å²) in [5, 5.41) is 11.7. The number of aromatic carboxylic acids is 1. The maximum Gasteiger partial charge on any atom is 0.335 e. The Balaban J connectivity index is 1.32. The molecule has 6 heteroatoms. The average molecular weight is 496 g/mol. The van der Waals surface area contributed by atoms with Crippen molar-refractivity contribution >= 4 is 22.6 Å². The quantitative estimate of drug-likeness (QED) is 0.285. The normalized spacial score (nSPS) is 14.7. The van der Waals surface area contributed by atoms with E-state index in [1.165, 1.54) is 25.3 Å². The summed E-state index contributed by atoms with van der Waals surface area (Å²) < 4.78 is 12.3. The minimum absolute atomic E-state index is 0.0510. The lowest BCUT2D eigenvalue weighted by atomic mass is 9.87. The minimum Gasteiger partial charge on any atom is -0.490 e. The van der Waals surface area contributed by atoms with Crippen LogP contribution in [0.2, 0.25) is 0 Å². The van der Waals surface area contributed by atoms with Crippen molar-refractivity contribution in [3.63, 3.8) is 0 Å². The number of hydrogen-bond donors (Lipinski definition) is 2. The molecule has 37 heavy (non-hydrogen) atoms. The molecule has 1 aliphatic carbocycles. The molecule has 0 saturated heterocycles. The third-order valence-electron chi connectivity index (χ3n) is 6.87. The predicted molar refractivity (Wildman–Crippen MR) is 142 cm³/mol. The molecule has 1 atom stereocenters. The van der Waals surface area contributed by atoms with Crippen LogP contribution in [-0.2, 0) is 4.79 Å². The largest absolute Gasteiger partial charge is 0.490 e. The van der Waals surface area contributed by atoms with E-state index in [0.717, 1.165) is 29.4 Å². The van der Waals surface area contributed by atoms with Crippen molar-refractivity contribution in [3.05, 3.63) is 102 Å². The molecular weight excluding hydrogens is 466 g/mol. The number of carbonyl (C=O) groups excluding carboxylic acids is 1. The fourth-order valence-corrected chi connectivity index (χ4v) is 5.02. The first-order chi connectivity index (χ1) is 18.0. The van der Waals surface area contributed by atoms with Gasteiger partial charge in [0.15, 0.2) is 0 Å². The van der Waals surface area contributed by atoms with Gasteiger partial charge in [0.25, 0.3) is 0 Å². The summed E-state index contributed by atoms with van der Waals surface area (Å²) in [4.78, 5) is 24.0. The van der Waals surface area contributed by atoms with Gasteiger partial charge in [-0.2, -0.15) is 0 Å². The Morgan fingerprint density at radius 2 is 1.41 bits per heavy atom. The van der Waals surface area contributed by atoms with Crippen LogP contribution in [0.4, 0.5) is 0 Å². The Morgan fingerprint density at radius 1 is 0.784 bits per heavy atom. The second-order valence-corrected chi connectivity index (χ2v) is 9.45. The van der Waals surface area contributed by atoms with Crippen LogP contribution >= 0.6 is 0 Å². The van der Waals surface area contributed by atoms with Crippen LogP contribution < -0.4 is 15.2 Å². The van der Waals surface area contributed by atoms with Crippen LogP contribution in [0.25, 0.3) is 10.8 Å². The summed E-state index contributed by atoms with van der Waals surface area (Å²) in [7, 11) is 0. The second kappa shape index (κ2) is 10.7. The van der Waals surface area contributed by atoms with Gasteiger partial charge in [-0.1, -0.05) is 48.9 Å². The lowest BCUT2D eigenvalue weighted by molar-refractivity contribution is -0.118. The van der Waals surface area contributed by atoms with Gasteiger partial charge in [0, 0.05) is 0 Å². The van der Waals surface area contributed by atoms with Gasteiger partial charge in [0.2, 0.25) is 5.91 Å². The molecule has 188 valence electrons. The lowest BCUT2D eigenvalue weighted by Crippen LogP contribution is -2.24. The number of hydrogen-bond acceptors (Lipinski definition) is 4. The topological polar surface area (TPSA) is 98.9 Å². The third-order valence-corrected chi connectivity index (χ3v) is 6.87. The zero-order chi connectivity index (χ0) is 25.8. The van der Waals surface area contributed by atoms with Crippen LogP contribution in [0.5, 0.6) is 17.2 Å². The van der Waals surface area contributed by atoms with Crippen molar-refractivity contribution in [1.82, 2.24) is 0 Å². The van der Waals surface area contributed by atoms with Crippen LogP contribution in [0.1, 0.15) is 59.5 Å². The number of primary amides is 1. The van der Waals surface area contributed by atoms with Crippen LogP contribution in [0, 0.1) is 0 Å². The van der Waals surface area contributed by atoms with E-state index in [0.29, 0.717) is 28.7 Å². The smallest absolute Gasteiger partial charge is 0.335 e. The highest BCUT2D eigenvalue weighted by Gasteiger charge is 2.25. The molecule has 0 heterocycles. The van der Waals surface area contributed by atoms with E-state index in [1.54, 1.807) is 42.5 Å². The standard InChI is InChI=1S/C31H29NO5/c32-30(33)29(27-8-4-5-9-28(27)31(34)35)20-10-14-24(15-11-20)37-26-17-13-21-18-25(16-12-22(21)19-26)36-23-6-2-1-3-7-23/h4-5,8-19,23,29H,1-3,6-7H2,(H2,32,33)(H,34,35). The van der Waals surface area contributed by atoms with Crippen molar-refractivity contribution in [1.29, 1.82) is 0 Å². The summed E-state index contributed by atoms with van der Waals surface area (Å²) in [5.74, 6) is -0.433. The predicted octanol–water partition coefficient (Wildman–Crippen LogP) is 6.66. The SMILES string of the molecule is NC(=O)C(c1ccc(Oc2ccc3cc(OC4CCCCC4)ccc3c2)cc1)c1ccccc1C(=O)O. The van der Waals surface area contributed by atoms with Crippen molar-refractivity contribution in [2.24, 2.45) is 5.73 Å². The molecule has 1 unspecified atom stereocenters. The Hall–Kier alpha value is -4.32. The van der Waals surface area contributed by atoms with Crippen molar-refractivity contribution < 1.29 is 24.2 Å². The Bertz CT molecular complexity index is 1420. The lowest BCUT2D eigenvalue weighted by Gasteiger charge is -2.23. The van der Waals surface area contributed by atoms with Crippen LogP contribution in [-0.4, -0.2) is 23.1 Å². The number of ether oxygens (including phenoxy) is 2. The van der Waals surface area contributed by atoms with E-state index in [-0.39, 0.29) is 5.56 Å². The van der Waals surface area contributed by atoms with Gasteiger partial charge in [-0.3, -0.25) is 4.79 Å². The molecular formula is C31H29NO5. The van der Waals surface area contributed by atoms with Crippen molar-refractivity contribution in [2.45, 2.75) is 44.1 Å². The first kappa shape index (κ1) is 24.4. The molecule has 1 fully saturated rings. The molecule has 3 N–H and O–H groups in total. The maximum atomic E-state index is 12.3. The fourth-order valence-electron chi connectivity index (χ4n) is 5.02.